The predicted molar refractivity (Wildman–Crippen MR) is 88.2 cm³/mol. The zero-order valence-electron chi connectivity index (χ0n) is 15.6. The Labute approximate surface area is 182 Å². The van der Waals surface area contributed by atoms with E-state index in [9.17, 15) is 18.0 Å². The summed E-state index contributed by atoms with van der Waals surface area (Å²) in [7, 11) is -2.79. The van der Waals surface area contributed by atoms with E-state index >= 15 is 0 Å². The molecule has 12 heteroatoms. The third kappa shape index (κ3) is 4.14. The van der Waals surface area contributed by atoms with Crippen molar-refractivity contribution in [2.45, 2.75) is 50.7 Å². The molecule has 4 rings (SSSR count). The molecule has 0 unspecified atom stereocenters. The minimum Gasteiger partial charge on any atom is -0.870 e. The van der Waals surface area contributed by atoms with Crippen molar-refractivity contribution in [2.75, 3.05) is 26.2 Å². The van der Waals surface area contributed by atoms with Crippen molar-refractivity contribution in [3.63, 3.8) is 0 Å². The van der Waals surface area contributed by atoms with Crippen molar-refractivity contribution in [1.29, 1.82) is 0 Å². The minimum atomic E-state index is -2.79. The molecule has 3 heterocycles. The number of amides is 3. The number of nitrogens with zero attached hydrogens (tertiary/aromatic N) is 3. The Kier molecular flexibility index (Phi) is 7.21. The number of carbonyl (C=O) groups excluding carboxylic acids is 2. The quantitative estimate of drug-likeness (QED) is 0.373. The van der Waals surface area contributed by atoms with Crippen LogP contribution in [0.5, 0.6) is 0 Å². The molecule has 27 heavy (non-hydrogen) atoms. The van der Waals surface area contributed by atoms with Gasteiger partial charge in [0.15, 0.2) is 0 Å². The average Bonchev–Trinajstić information content (AvgIpc) is 2.73. The summed E-state index contributed by atoms with van der Waals surface area (Å²) in [4.78, 5) is 28.7. The Balaban J connectivity index is 0.00000131. The van der Waals surface area contributed by atoms with Gasteiger partial charge in [0.1, 0.15) is 6.04 Å². The Hall–Kier alpha value is -0.430. The van der Waals surface area contributed by atoms with Crippen molar-refractivity contribution >= 4 is 22.9 Å². The van der Waals surface area contributed by atoms with Crippen molar-refractivity contribution in [2.24, 2.45) is 5.41 Å². The maximum Gasteiger partial charge on any atom is 1.00 e. The first-order chi connectivity index (χ1) is 11.9. The number of carbonyl (C=O) groups is 2. The van der Waals surface area contributed by atoms with E-state index in [0.29, 0.717) is 24.8 Å². The molecule has 10 nitrogen and oxygen atoms in total. The number of hydrogen-bond acceptors (Lipinski definition) is 8. The molecule has 4 fully saturated rings. The molecule has 0 aromatic rings. The van der Waals surface area contributed by atoms with Gasteiger partial charge in [0.25, 0.3) is 0 Å². The molecule has 0 aromatic carbocycles. The monoisotopic (exact) mass is 411 g/mol. The molecule has 3 aliphatic heterocycles. The first kappa shape index (κ1) is 22.9. The van der Waals surface area contributed by atoms with Crippen LogP contribution in [0.25, 0.3) is 0 Å². The van der Waals surface area contributed by atoms with Crippen LogP contribution in [0.15, 0.2) is 0 Å². The molecule has 4 aliphatic rings. The normalized spacial score (nSPS) is 29.0. The predicted octanol–water partition coefficient (Wildman–Crippen LogP) is -3.16. The van der Waals surface area contributed by atoms with Crippen molar-refractivity contribution in [3.8, 4) is 0 Å². The van der Waals surface area contributed by atoms with Gasteiger partial charge in [-0.15, -0.1) is 0 Å². The van der Waals surface area contributed by atoms with Crippen LogP contribution in [0.2, 0.25) is 0 Å². The molecule has 1 aliphatic carbocycles. The summed E-state index contributed by atoms with van der Waals surface area (Å²) in [6.45, 7) is 5.79. The van der Waals surface area contributed by atoms with E-state index in [1.807, 2.05) is 0 Å². The minimum absolute atomic E-state index is 0. The van der Waals surface area contributed by atoms with Gasteiger partial charge in [-0.3, -0.25) is 4.79 Å². The van der Waals surface area contributed by atoms with Gasteiger partial charge in [0.05, 0.1) is 17.0 Å². The van der Waals surface area contributed by atoms with Crippen LogP contribution in [-0.4, -0.2) is 76.6 Å². The summed E-state index contributed by atoms with van der Waals surface area (Å²) >= 11 is 0. The van der Waals surface area contributed by atoms with E-state index in [1.54, 1.807) is 0 Å². The van der Waals surface area contributed by atoms with Gasteiger partial charge in [0, 0.05) is 25.7 Å². The molecular weight excluding hydrogens is 387 g/mol. The second-order valence-electron chi connectivity index (χ2n) is 7.70. The fourth-order valence-electron chi connectivity index (χ4n) is 4.84. The third-order valence-corrected chi connectivity index (χ3v) is 6.32. The van der Waals surface area contributed by atoms with E-state index in [4.69, 9.17) is 0 Å². The maximum absolute atomic E-state index is 12.6. The summed E-state index contributed by atoms with van der Waals surface area (Å²) in [5, 5.41) is 3.95. The standard InChI is InChI=1S/C15H23N4O5S.Na.H2O/c1-2-17-8-15(9-17)5-10(6-15)16-13(20)12-4-3-11-7-18(12)14(21)19(11)24-25(22)23;;/h10-12H,2-9H2,1H3,(H,16,20);;1H2/q-1;+1;/p-1/t11-,12+;;/m1../s1. The van der Waals surface area contributed by atoms with Gasteiger partial charge in [-0.2, -0.15) is 0 Å². The van der Waals surface area contributed by atoms with Crippen LogP contribution >= 0.6 is 0 Å². The maximum atomic E-state index is 12.6. The summed E-state index contributed by atoms with van der Waals surface area (Å²) < 4.78 is 26.0. The van der Waals surface area contributed by atoms with Crippen molar-refractivity contribution in [3.05, 3.63) is 0 Å². The van der Waals surface area contributed by atoms with E-state index < -0.39 is 23.1 Å². The SMILES string of the molecule is CCN1CC2(CC(NC(=O)[C@@H]3CC[C@@H]4CN3C(=O)N4O[S-](=O)=O)C2)C1.[Na+].[OH-]. The molecule has 1 saturated carbocycles. The molecule has 2 bridgehead atoms. The summed E-state index contributed by atoms with van der Waals surface area (Å²) in [6.07, 6.45) is 3.08. The summed E-state index contributed by atoms with van der Waals surface area (Å²) in [5.41, 5.74) is 0.387. The number of likely N-dealkylation sites (tertiary alicyclic amines) is 1. The molecule has 0 radical (unpaired) electrons. The first-order valence-electron chi connectivity index (χ1n) is 8.81. The number of hydroxylamine groups is 2. The Morgan fingerprint density at radius 1 is 1.30 bits per heavy atom. The average molecular weight is 411 g/mol. The molecule has 3 saturated heterocycles. The Bertz CT molecular complexity index is 655. The Morgan fingerprint density at radius 3 is 2.56 bits per heavy atom. The number of fused-ring (bicyclic) bond motifs is 2. The van der Waals surface area contributed by atoms with Crippen LogP contribution in [0.4, 0.5) is 4.79 Å². The zero-order chi connectivity index (χ0) is 17.8. The second kappa shape index (κ2) is 8.52. The molecule has 0 aromatic heterocycles. The molecule has 3 amide bonds. The van der Waals surface area contributed by atoms with Gasteiger partial charge < -0.3 is 33.3 Å². The molecule has 148 valence electrons. The van der Waals surface area contributed by atoms with E-state index in [0.717, 1.165) is 37.5 Å². The topological polar surface area (TPSA) is 129 Å². The second-order valence-corrected chi connectivity index (χ2v) is 8.26. The molecular formula is C15H24N4NaO6S-. The van der Waals surface area contributed by atoms with Gasteiger partial charge in [-0.1, -0.05) is 6.92 Å². The largest absolute Gasteiger partial charge is 1.00 e. The fraction of sp³-hybridized carbons (Fsp3) is 0.867. The number of piperidine rings is 1. The smallest absolute Gasteiger partial charge is 0.870 e. The van der Waals surface area contributed by atoms with Crippen LogP contribution in [0.1, 0.15) is 32.6 Å². The molecule has 2 N–H and O–H groups in total. The first-order valence-corrected chi connectivity index (χ1v) is 9.81. The van der Waals surface area contributed by atoms with E-state index in [-0.39, 0.29) is 53.0 Å². The van der Waals surface area contributed by atoms with Crippen LogP contribution in [-0.2, 0) is 28.5 Å². The third-order valence-electron chi connectivity index (χ3n) is 6.04. The van der Waals surface area contributed by atoms with Crippen LogP contribution in [0, 0.1) is 5.41 Å². The van der Waals surface area contributed by atoms with Crippen LogP contribution < -0.4 is 34.9 Å². The summed E-state index contributed by atoms with van der Waals surface area (Å²) in [6, 6.07) is -1.21. The van der Waals surface area contributed by atoms with E-state index in [2.05, 4.69) is 21.4 Å². The Morgan fingerprint density at radius 2 is 1.96 bits per heavy atom. The summed E-state index contributed by atoms with van der Waals surface area (Å²) in [5.74, 6) is -0.136. The van der Waals surface area contributed by atoms with Crippen molar-refractivity contribution in [1.82, 2.24) is 20.2 Å². The zero-order valence-corrected chi connectivity index (χ0v) is 18.4. The van der Waals surface area contributed by atoms with Crippen LogP contribution in [0.3, 0.4) is 0 Å². The van der Waals surface area contributed by atoms with Gasteiger partial charge in [-0.05, 0) is 37.6 Å². The molecule has 1 spiro atoms. The van der Waals surface area contributed by atoms with Gasteiger partial charge in [-0.25, -0.2) is 9.86 Å². The van der Waals surface area contributed by atoms with E-state index in [1.165, 1.54) is 4.90 Å². The molecule has 2 atom stereocenters. The number of urea groups is 1. The van der Waals surface area contributed by atoms with Gasteiger partial charge >= 0.3 is 35.6 Å². The number of rotatable bonds is 5. The number of nitrogens with one attached hydrogen (secondary N) is 1. The number of hydrogen-bond donors (Lipinski definition) is 1. The fourth-order valence-corrected chi connectivity index (χ4v) is 5.15. The van der Waals surface area contributed by atoms with Crippen molar-refractivity contribution < 1.29 is 57.3 Å². The van der Waals surface area contributed by atoms with Gasteiger partial charge in [0.2, 0.25) is 5.91 Å².